The van der Waals surface area contributed by atoms with Gasteiger partial charge in [0.05, 0.1) is 23.9 Å². The molecule has 182 valence electrons. The number of aromatic nitrogens is 2. The minimum atomic E-state index is -4.60. The number of ether oxygens (including phenoxy) is 2. The molecule has 1 aromatic heterocycles. The van der Waals surface area contributed by atoms with Crippen molar-refractivity contribution < 1.29 is 32.5 Å². The number of rotatable bonds is 5. The summed E-state index contributed by atoms with van der Waals surface area (Å²) in [4.78, 5) is 12.9. The number of nitrogens with one attached hydrogen (secondary N) is 1. The Morgan fingerprint density at radius 2 is 1.97 bits per heavy atom. The highest BCUT2D eigenvalue weighted by Crippen LogP contribution is 2.67. The first kappa shape index (κ1) is 22.2. The van der Waals surface area contributed by atoms with Crippen LogP contribution in [0.25, 0.3) is 0 Å². The minimum absolute atomic E-state index is 0.0882. The summed E-state index contributed by atoms with van der Waals surface area (Å²) in [6, 6.07) is 6.80. The number of aliphatic hydroxyl groups is 1. The van der Waals surface area contributed by atoms with E-state index in [4.69, 9.17) is 16.3 Å². The summed E-state index contributed by atoms with van der Waals surface area (Å²) in [6.07, 6.45) is -2.19. The van der Waals surface area contributed by atoms with Crippen LogP contribution < -0.4 is 10.1 Å². The number of halogens is 4. The second kappa shape index (κ2) is 7.35. The number of hydrogen-bond acceptors (Lipinski definition) is 5. The molecule has 4 saturated carbocycles. The molecule has 11 heteroatoms. The first-order valence-corrected chi connectivity index (χ1v) is 11.7. The molecule has 0 radical (unpaired) electrons. The van der Waals surface area contributed by atoms with Gasteiger partial charge in [0.1, 0.15) is 5.75 Å². The maximum atomic E-state index is 12.9. The SMILES string of the molecule is O=C(NC12CC(c3ccn([C@H]4C[C@@H](OC(F)(F)F)C4)n3)(C1)C2)[C@H]1C[C@@H](O)c2cc(Cl)ccc2O1. The Morgan fingerprint density at radius 1 is 1.24 bits per heavy atom. The molecule has 1 amide bonds. The van der Waals surface area contributed by atoms with Gasteiger partial charge in [-0.15, -0.1) is 13.2 Å². The zero-order valence-electron chi connectivity index (χ0n) is 18.0. The van der Waals surface area contributed by atoms with E-state index in [-0.39, 0.29) is 42.2 Å². The van der Waals surface area contributed by atoms with Crippen LogP contribution in [-0.2, 0) is 14.9 Å². The molecule has 2 heterocycles. The summed E-state index contributed by atoms with van der Waals surface area (Å²) in [6.45, 7) is 0. The van der Waals surface area contributed by atoms with Gasteiger partial charge < -0.3 is 15.2 Å². The maximum Gasteiger partial charge on any atom is 0.522 e. The monoisotopic (exact) mass is 497 g/mol. The van der Waals surface area contributed by atoms with Crippen molar-refractivity contribution in [1.29, 1.82) is 0 Å². The Kier molecular flexibility index (Phi) is 4.80. The van der Waals surface area contributed by atoms with E-state index in [1.54, 1.807) is 22.9 Å². The molecule has 2 aromatic rings. The van der Waals surface area contributed by atoms with E-state index in [1.165, 1.54) is 0 Å². The lowest BCUT2D eigenvalue weighted by atomic mass is 9.38. The largest absolute Gasteiger partial charge is 0.522 e. The summed E-state index contributed by atoms with van der Waals surface area (Å²) in [5.41, 5.74) is 1.11. The molecule has 7 rings (SSSR count). The topological polar surface area (TPSA) is 85.6 Å². The van der Waals surface area contributed by atoms with Gasteiger partial charge in [-0.25, -0.2) is 0 Å². The van der Waals surface area contributed by atoms with Gasteiger partial charge in [-0.1, -0.05) is 11.6 Å². The summed E-state index contributed by atoms with van der Waals surface area (Å²) in [5, 5.41) is 18.7. The Hall–Kier alpha value is -2.30. The van der Waals surface area contributed by atoms with Crippen LogP contribution in [0.4, 0.5) is 13.2 Å². The summed E-state index contributed by atoms with van der Waals surface area (Å²) in [7, 11) is 0. The number of carbonyl (C=O) groups excluding carboxylic acids is 1. The van der Waals surface area contributed by atoms with Gasteiger partial charge in [0, 0.05) is 34.2 Å². The molecule has 5 aliphatic rings. The lowest BCUT2D eigenvalue weighted by molar-refractivity contribution is -0.353. The van der Waals surface area contributed by atoms with E-state index in [1.807, 2.05) is 12.3 Å². The molecule has 7 nitrogen and oxygen atoms in total. The third-order valence-corrected chi connectivity index (χ3v) is 7.88. The van der Waals surface area contributed by atoms with Crippen LogP contribution in [0.15, 0.2) is 30.5 Å². The standard InChI is InChI=1S/C23H23ClF3N3O4/c24-12-1-2-17-15(5-12)16(31)8-18(33-17)20(32)28-22-9-21(10-22,11-22)19-3-4-30(29-19)13-6-14(7-13)34-23(25,26)27/h1-5,13-14,16,18,31H,6-11H2,(H,28,32)/t13-,14+,16-,18-,21?,22?/m1/s1. The number of amides is 1. The molecular formula is C23H23ClF3N3O4. The number of aliphatic hydroxyl groups excluding tert-OH is 1. The average molecular weight is 498 g/mol. The number of fused-ring (bicyclic) bond motifs is 1. The lowest BCUT2D eigenvalue weighted by Gasteiger charge is -2.70. The highest BCUT2D eigenvalue weighted by molar-refractivity contribution is 6.30. The summed E-state index contributed by atoms with van der Waals surface area (Å²) in [5.74, 6) is 0.213. The lowest BCUT2D eigenvalue weighted by Crippen LogP contribution is -2.77. The Bertz CT molecular complexity index is 1130. The van der Waals surface area contributed by atoms with Gasteiger partial charge in [0.2, 0.25) is 0 Å². The van der Waals surface area contributed by atoms with Crippen molar-refractivity contribution >= 4 is 17.5 Å². The number of carbonyl (C=O) groups is 1. The molecule has 1 aliphatic heterocycles. The number of benzene rings is 1. The smallest absolute Gasteiger partial charge is 0.480 e. The number of alkyl halides is 3. The van der Waals surface area contributed by atoms with Crippen molar-refractivity contribution in [2.45, 2.75) is 80.2 Å². The van der Waals surface area contributed by atoms with Gasteiger partial charge in [-0.2, -0.15) is 5.10 Å². The zero-order valence-corrected chi connectivity index (χ0v) is 18.8. The molecule has 34 heavy (non-hydrogen) atoms. The fourth-order valence-electron chi connectivity index (χ4n) is 5.98. The van der Waals surface area contributed by atoms with Crippen molar-refractivity contribution in [2.24, 2.45) is 0 Å². The van der Waals surface area contributed by atoms with E-state index in [9.17, 15) is 23.1 Å². The van der Waals surface area contributed by atoms with Crippen molar-refractivity contribution in [3.63, 3.8) is 0 Å². The first-order chi connectivity index (χ1) is 16.0. The van der Waals surface area contributed by atoms with Crippen LogP contribution in [0, 0.1) is 0 Å². The first-order valence-electron chi connectivity index (χ1n) is 11.3. The van der Waals surface area contributed by atoms with E-state index in [0.29, 0.717) is 16.3 Å². The second-order valence-electron chi connectivity index (χ2n) is 10.1. The molecular weight excluding hydrogens is 475 g/mol. The Balaban J connectivity index is 1.03. The van der Waals surface area contributed by atoms with Gasteiger partial charge in [0.15, 0.2) is 6.10 Å². The molecule has 1 aromatic carbocycles. The molecule has 0 spiro atoms. The maximum absolute atomic E-state index is 12.9. The zero-order chi connectivity index (χ0) is 23.9. The van der Waals surface area contributed by atoms with Crippen LogP contribution in [0.5, 0.6) is 5.75 Å². The Morgan fingerprint density at radius 3 is 2.68 bits per heavy atom. The van der Waals surface area contributed by atoms with Crippen LogP contribution >= 0.6 is 11.6 Å². The molecule has 0 unspecified atom stereocenters. The van der Waals surface area contributed by atoms with Crippen LogP contribution in [0.1, 0.15) is 61.9 Å². The normalized spacial score (nSPS) is 35.8. The molecule has 0 saturated heterocycles. The van der Waals surface area contributed by atoms with Gasteiger partial charge in [-0.3, -0.25) is 14.2 Å². The Labute approximate surface area is 198 Å². The van der Waals surface area contributed by atoms with E-state index in [0.717, 1.165) is 25.0 Å². The van der Waals surface area contributed by atoms with Crippen LogP contribution in [0.3, 0.4) is 0 Å². The fraction of sp³-hybridized carbons (Fsp3) is 0.565. The van der Waals surface area contributed by atoms with Gasteiger partial charge in [0.25, 0.3) is 5.91 Å². The third kappa shape index (κ3) is 3.67. The highest BCUT2D eigenvalue weighted by Gasteiger charge is 2.70. The molecule has 2 atom stereocenters. The van der Waals surface area contributed by atoms with Gasteiger partial charge in [-0.05, 0) is 56.4 Å². The average Bonchev–Trinajstić information content (AvgIpc) is 3.14. The van der Waals surface area contributed by atoms with E-state index >= 15 is 0 Å². The number of nitrogens with zero attached hydrogens (tertiary/aromatic N) is 2. The molecule has 2 bridgehead atoms. The van der Waals surface area contributed by atoms with E-state index in [2.05, 4.69) is 15.2 Å². The van der Waals surface area contributed by atoms with Crippen molar-refractivity contribution in [3.05, 3.63) is 46.7 Å². The van der Waals surface area contributed by atoms with Crippen molar-refractivity contribution in [3.8, 4) is 5.75 Å². The van der Waals surface area contributed by atoms with Gasteiger partial charge >= 0.3 is 6.36 Å². The summed E-state index contributed by atoms with van der Waals surface area (Å²) >= 11 is 5.98. The van der Waals surface area contributed by atoms with E-state index < -0.39 is 24.7 Å². The predicted octanol–water partition coefficient (Wildman–Crippen LogP) is 3.95. The van der Waals surface area contributed by atoms with Crippen molar-refractivity contribution in [2.75, 3.05) is 0 Å². The van der Waals surface area contributed by atoms with Crippen LogP contribution in [-0.4, -0.2) is 44.9 Å². The fourth-order valence-corrected chi connectivity index (χ4v) is 6.16. The summed E-state index contributed by atoms with van der Waals surface area (Å²) < 4.78 is 48.6. The molecule has 4 fully saturated rings. The minimum Gasteiger partial charge on any atom is -0.480 e. The second-order valence-corrected chi connectivity index (χ2v) is 10.5. The van der Waals surface area contributed by atoms with Crippen molar-refractivity contribution in [1.82, 2.24) is 15.1 Å². The molecule has 4 aliphatic carbocycles. The highest BCUT2D eigenvalue weighted by atomic mass is 35.5. The third-order valence-electron chi connectivity index (χ3n) is 7.64. The van der Waals surface area contributed by atoms with Crippen LogP contribution in [0.2, 0.25) is 5.02 Å². The quantitative estimate of drug-likeness (QED) is 0.653. The molecule has 2 N–H and O–H groups in total. The number of hydrogen-bond donors (Lipinski definition) is 2. The predicted molar refractivity (Wildman–Crippen MR) is 113 cm³/mol.